The minimum absolute atomic E-state index is 0.192. The molecule has 4 nitrogen and oxygen atoms in total. The fourth-order valence-corrected chi connectivity index (χ4v) is 4.06. The second kappa shape index (κ2) is 5.92. The van der Waals surface area contributed by atoms with E-state index in [1.165, 1.54) is 6.07 Å². The zero-order valence-corrected chi connectivity index (χ0v) is 12.2. The first-order chi connectivity index (χ1) is 8.97. The van der Waals surface area contributed by atoms with Crippen molar-refractivity contribution in [1.82, 2.24) is 4.72 Å². The second-order valence-electron chi connectivity index (χ2n) is 3.87. The third kappa shape index (κ3) is 3.94. The molecule has 0 unspecified atom stereocenters. The maximum Gasteiger partial charge on any atom is 0.250 e. The molecule has 1 aromatic heterocycles. The van der Waals surface area contributed by atoms with Crippen molar-refractivity contribution in [3.8, 4) is 5.75 Å². The van der Waals surface area contributed by atoms with Crippen molar-refractivity contribution in [3.05, 3.63) is 46.3 Å². The molecule has 0 bridgehead atoms. The maximum atomic E-state index is 11.9. The summed E-state index contributed by atoms with van der Waals surface area (Å²) in [5, 5.41) is 9.14. The summed E-state index contributed by atoms with van der Waals surface area (Å²) in [5.41, 5.74) is 0.949. The highest BCUT2D eigenvalue weighted by molar-refractivity contribution is 7.91. The van der Waals surface area contributed by atoms with Gasteiger partial charge in [-0.3, -0.25) is 0 Å². The summed E-state index contributed by atoms with van der Waals surface area (Å²) in [6.45, 7) is 0.294. The van der Waals surface area contributed by atoms with Gasteiger partial charge in [-0.2, -0.15) is 0 Å². The lowest BCUT2D eigenvalue weighted by atomic mass is 10.1. The molecule has 7 heteroatoms. The van der Waals surface area contributed by atoms with Gasteiger partial charge in [-0.05, 0) is 36.2 Å². The molecule has 1 heterocycles. The molecule has 2 N–H and O–H groups in total. The molecule has 0 aliphatic carbocycles. The molecule has 19 heavy (non-hydrogen) atoms. The van der Waals surface area contributed by atoms with E-state index in [1.807, 2.05) is 0 Å². The van der Waals surface area contributed by atoms with Crippen molar-refractivity contribution < 1.29 is 13.5 Å². The summed E-state index contributed by atoms with van der Waals surface area (Å²) in [6, 6.07) is 9.69. The normalized spacial score (nSPS) is 11.6. The van der Waals surface area contributed by atoms with Crippen molar-refractivity contribution in [2.45, 2.75) is 10.6 Å². The van der Waals surface area contributed by atoms with Gasteiger partial charge >= 0.3 is 0 Å². The molecule has 0 saturated heterocycles. The van der Waals surface area contributed by atoms with E-state index in [0.717, 1.165) is 16.9 Å². The highest BCUT2D eigenvalue weighted by Crippen LogP contribution is 2.25. The van der Waals surface area contributed by atoms with Crippen LogP contribution in [0.3, 0.4) is 0 Å². The standard InChI is InChI=1S/C12H12ClNO3S2/c13-11-5-6-12(18-11)19(16,17)14-8-7-9-1-3-10(15)4-2-9/h1-6,14-15H,7-8H2. The largest absolute Gasteiger partial charge is 0.508 e. The number of thiophene rings is 1. The number of hydrogen-bond donors (Lipinski definition) is 2. The van der Waals surface area contributed by atoms with Crippen LogP contribution in [0.5, 0.6) is 5.75 Å². The predicted molar refractivity (Wildman–Crippen MR) is 76.3 cm³/mol. The molecule has 0 aliphatic heterocycles. The first-order valence-corrected chi connectivity index (χ1v) is 8.18. The average Bonchev–Trinajstić information content (AvgIpc) is 2.79. The van der Waals surface area contributed by atoms with Crippen molar-refractivity contribution in [3.63, 3.8) is 0 Å². The Morgan fingerprint density at radius 1 is 1.16 bits per heavy atom. The van der Waals surface area contributed by atoms with Gasteiger partial charge in [0, 0.05) is 6.54 Å². The summed E-state index contributed by atoms with van der Waals surface area (Å²) in [6.07, 6.45) is 0.554. The Balaban J connectivity index is 1.93. The Hall–Kier alpha value is -1.08. The first kappa shape index (κ1) is 14.3. The number of rotatable bonds is 5. The van der Waals surface area contributed by atoms with Crippen LogP contribution in [0.4, 0.5) is 0 Å². The summed E-state index contributed by atoms with van der Waals surface area (Å²) in [4.78, 5) is 0. The number of halogens is 1. The zero-order chi connectivity index (χ0) is 13.9. The Kier molecular flexibility index (Phi) is 4.46. The van der Waals surface area contributed by atoms with Crippen LogP contribution in [0.2, 0.25) is 4.34 Å². The minimum atomic E-state index is -3.48. The monoisotopic (exact) mass is 317 g/mol. The highest BCUT2D eigenvalue weighted by Gasteiger charge is 2.15. The number of phenolic OH excluding ortho intramolecular Hbond substituents is 1. The van der Waals surface area contributed by atoms with E-state index in [0.29, 0.717) is 17.3 Å². The summed E-state index contributed by atoms with van der Waals surface area (Å²) >= 11 is 6.74. The fourth-order valence-electron chi connectivity index (χ4n) is 1.51. The third-order valence-corrected chi connectivity index (χ3v) is 5.64. The maximum absolute atomic E-state index is 11.9. The molecular weight excluding hydrogens is 306 g/mol. The topological polar surface area (TPSA) is 66.4 Å². The van der Waals surface area contributed by atoms with Gasteiger partial charge in [-0.15, -0.1) is 11.3 Å². The van der Waals surface area contributed by atoms with Gasteiger partial charge in [0.1, 0.15) is 9.96 Å². The Bertz CT molecular complexity index is 650. The van der Waals surface area contributed by atoms with Crippen molar-refractivity contribution in [2.75, 3.05) is 6.54 Å². The van der Waals surface area contributed by atoms with Crippen LogP contribution in [0, 0.1) is 0 Å². The molecule has 1 aromatic carbocycles. The molecule has 0 atom stereocenters. The Morgan fingerprint density at radius 3 is 2.42 bits per heavy atom. The van der Waals surface area contributed by atoms with Crippen molar-refractivity contribution >= 4 is 33.0 Å². The van der Waals surface area contributed by atoms with Gasteiger partial charge in [-0.1, -0.05) is 23.7 Å². The molecule has 2 rings (SSSR count). The highest BCUT2D eigenvalue weighted by atomic mass is 35.5. The van der Waals surface area contributed by atoms with E-state index < -0.39 is 10.0 Å². The van der Waals surface area contributed by atoms with E-state index in [2.05, 4.69) is 4.72 Å². The fraction of sp³-hybridized carbons (Fsp3) is 0.167. The smallest absolute Gasteiger partial charge is 0.250 e. The van der Waals surface area contributed by atoms with Crippen LogP contribution in [-0.2, 0) is 16.4 Å². The number of hydrogen-bond acceptors (Lipinski definition) is 4. The molecule has 102 valence electrons. The van der Waals surface area contributed by atoms with Gasteiger partial charge in [0.2, 0.25) is 10.0 Å². The molecule has 0 spiro atoms. The van der Waals surface area contributed by atoms with Gasteiger partial charge in [0.25, 0.3) is 0 Å². The summed E-state index contributed by atoms with van der Waals surface area (Å²) < 4.78 is 26.9. The van der Waals surface area contributed by atoms with E-state index in [-0.39, 0.29) is 9.96 Å². The quantitative estimate of drug-likeness (QED) is 0.891. The van der Waals surface area contributed by atoms with Crippen LogP contribution in [0.15, 0.2) is 40.6 Å². The summed E-state index contributed by atoms with van der Waals surface area (Å²) in [5.74, 6) is 0.192. The second-order valence-corrected chi connectivity index (χ2v) is 7.58. The lowest BCUT2D eigenvalue weighted by molar-refractivity contribution is 0.475. The Labute approximate surface area is 120 Å². The average molecular weight is 318 g/mol. The number of phenols is 1. The van der Waals surface area contributed by atoms with Crippen LogP contribution < -0.4 is 4.72 Å². The SMILES string of the molecule is O=S(=O)(NCCc1ccc(O)cc1)c1ccc(Cl)s1. The van der Waals surface area contributed by atoms with E-state index in [4.69, 9.17) is 16.7 Å². The molecule has 0 saturated carbocycles. The van der Waals surface area contributed by atoms with E-state index >= 15 is 0 Å². The molecule has 2 aromatic rings. The first-order valence-electron chi connectivity index (χ1n) is 5.50. The van der Waals surface area contributed by atoms with Gasteiger partial charge in [0.15, 0.2) is 0 Å². The molecule has 0 amide bonds. The molecule has 0 radical (unpaired) electrons. The van der Waals surface area contributed by atoms with E-state index in [9.17, 15) is 8.42 Å². The molecular formula is C12H12ClNO3S2. The van der Waals surface area contributed by atoms with Crippen molar-refractivity contribution in [1.29, 1.82) is 0 Å². The molecule has 0 fully saturated rings. The molecule has 0 aliphatic rings. The van der Waals surface area contributed by atoms with Crippen molar-refractivity contribution in [2.24, 2.45) is 0 Å². The van der Waals surface area contributed by atoms with Crippen LogP contribution in [0.1, 0.15) is 5.56 Å². The minimum Gasteiger partial charge on any atom is -0.508 e. The Morgan fingerprint density at radius 2 is 1.84 bits per heavy atom. The predicted octanol–water partition coefficient (Wildman–Crippen LogP) is 2.63. The third-order valence-electron chi connectivity index (χ3n) is 2.46. The summed E-state index contributed by atoms with van der Waals surface area (Å²) in [7, 11) is -3.48. The number of sulfonamides is 1. The zero-order valence-electron chi connectivity index (χ0n) is 9.84. The van der Waals surface area contributed by atoms with Crippen LogP contribution in [-0.4, -0.2) is 20.1 Å². The van der Waals surface area contributed by atoms with Gasteiger partial charge in [-0.25, -0.2) is 13.1 Å². The lowest BCUT2D eigenvalue weighted by Crippen LogP contribution is -2.25. The van der Waals surface area contributed by atoms with Crippen LogP contribution >= 0.6 is 22.9 Å². The van der Waals surface area contributed by atoms with Gasteiger partial charge in [0.05, 0.1) is 4.34 Å². The number of nitrogens with one attached hydrogen (secondary N) is 1. The van der Waals surface area contributed by atoms with Gasteiger partial charge < -0.3 is 5.11 Å². The lowest BCUT2D eigenvalue weighted by Gasteiger charge is -2.05. The number of aromatic hydroxyl groups is 1. The number of benzene rings is 1. The van der Waals surface area contributed by atoms with Crippen LogP contribution in [0.25, 0.3) is 0 Å². The van der Waals surface area contributed by atoms with E-state index in [1.54, 1.807) is 30.3 Å².